The van der Waals surface area contributed by atoms with Crippen molar-refractivity contribution >= 4 is 11.9 Å². The van der Waals surface area contributed by atoms with Gasteiger partial charge < -0.3 is 23.8 Å². The minimum Gasteiger partial charge on any atom is -0.493 e. The predicted molar refractivity (Wildman–Crippen MR) is 131 cm³/mol. The maximum absolute atomic E-state index is 13.4. The highest BCUT2D eigenvalue weighted by molar-refractivity contribution is 5.94. The van der Waals surface area contributed by atoms with Crippen LogP contribution in [0, 0.1) is 0 Å². The van der Waals surface area contributed by atoms with Gasteiger partial charge in [-0.05, 0) is 36.2 Å². The van der Waals surface area contributed by atoms with Crippen LogP contribution in [0.3, 0.4) is 0 Å². The van der Waals surface area contributed by atoms with E-state index in [4.69, 9.17) is 18.9 Å². The van der Waals surface area contributed by atoms with Gasteiger partial charge in [0.25, 0.3) is 5.91 Å². The molecular weight excluding hydrogens is 448 g/mol. The lowest BCUT2D eigenvalue weighted by atomic mass is 9.86. The molecule has 3 rings (SSSR count). The number of carbonyl (C=O) groups is 2. The third-order valence-corrected chi connectivity index (χ3v) is 6.09. The van der Waals surface area contributed by atoms with Crippen LogP contribution < -0.4 is 14.2 Å². The molecule has 8 nitrogen and oxygen atoms in total. The Morgan fingerprint density at radius 1 is 0.914 bits per heavy atom. The van der Waals surface area contributed by atoms with Crippen molar-refractivity contribution in [3.63, 3.8) is 0 Å². The number of esters is 1. The molecule has 0 bridgehead atoms. The summed E-state index contributed by atoms with van der Waals surface area (Å²) < 4.78 is 21.9. The molecule has 3 aromatic rings. The minimum absolute atomic E-state index is 0.0640. The molecule has 35 heavy (non-hydrogen) atoms. The zero-order valence-electron chi connectivity index (χ0n) is 20.6. The van der Waals surface area contributed by atoms with Gasteiger partial charge in [-0.2, -0.15) is 0 Å². The summed E-state index contributed by atoms with van der Waals surface area (Å²) in [5, 5.41) is 0. The van der Waals surface area contributed by atoms with Crippen molar-refractivity contribution in [3.8, 4) is 17.2 Å². The van der Waals surface area contributed by atoms with E-state index in [1.54, 1.807) is 30.3 Å². The highest BCUT2D eigenvalue weighted by Crippen LogP contribution is 2.39. The fourth-order valence-electron chi connectivity index (χ4n) is 4.01. The van der Waals surface area contributed by atoms with E-state index in [0.717, 1.165) is 5.56 Å². The lowest BCUT2D eigenvalue weighted by molar-refractivity contribution is 0.00535. The second-order valence-corrected chi connectivity index (χ2v) is 7.85. The van der Waals surface area contributed by atoms with Gasteiger partial charge in [0.1, 0.15) is 12.1 Å². The first-order valence-corrected chi connectivity index (χ1v) is 11.1. The van der Waals surface area contributed by atoms with Crippen molar-refractivity contribution < 1.29 is 28.5 Å². The van der Waals surface area contributed by atoms with Crippen LogP contribution in [-0.2, 0) is 10.3 Å². The molecule has 0 aliphatic carbocycles. The monoisotopic (exact) mass is 478 g/mol. The zero-order chi connectivity index (χ0) is 25.4. The molecule has 0 saturated carbocycles. The maximum atomic E-state index is 13.4. The number of rotatable bonds is 10. The molecule has 0 aliphatic heterocycles. The highest BCUT2D eigenvalue weighted by Gasteiger charge is 2.40. The molecule has 0 saturated heterocycles. The molecule has 1 unspecified atom stereocenters. The summed E-state index contributed by atoms with van der Waals surface area (Å²) in [7, 11) is 6.15. The van der Waals surface area contributed by atoms with Gasteiger partial charge in [0.2, 0.25) is 5.75 Å². The molecule has 0 fully saturated rings. The van der Waals surface area contributed by atoms with Crippen LogP contribution in [0.25, 0.3) is 0 Å². The predicted octanol–water partition coefficient (Wildman–Crippen LogP) is 4.34. The van der Waals surface area contributed by atoms with Gasteiger partial charge in [0.05, 0.1) is 32.5 Å². The highest BCUT2D eigenvalue weighted by atomic mass is 16.5. The summed E-state index contributed by atoms with van der Waals surface area (Å²) in [5.74, 6) is 0.244. The molecule has 1 amide bonds. The Morgan fingerprint density at radius 2 is 1.57 bits per heavy atom. The average Bonchev–Trinajstić information content (AvgIpc) is 2.92. The Kier molecular flexibility index (Phi) is 8.30. The Morgan fingerprint density at radius 3 is 2.09 bits per heavy atom. The van der Waals surface area contributed by atoms with Crippen LogP contribution in [0.4, 0.5) is 0 Å². The zero-order valence-corrected chi connectivity index (χ0v) is 20.6. The number of methoxy groups -OCH3 is 3. The molecule has 8 heteroatoms. The van der Waals surface area contributed by atoms with E-state index in [9.17, 15) is 9.59 Å². The molecular formula is C27H30N2O6. The number of pyridine rings is 1. The summed E-state index contributed by atoms with van der Waals surface area (Å²) in [6, 6.07) is 16.0. The number of hydrogen-bond acceptors (Lipinski definition) is 7. The normalized spacial score (nSPS) is 12.3. The van der Waals surface area contributed by atoms with Crippen molar-refractivity contribution in [3.05, 3.63) is 83.7 Å². The molecule has 1 aromatic heterocycles. The van der Waals surface area contributed by atoms with Crippen molar-refractivity contribution in [2.24, 2.45) is 0 Å². The molecule has 0 spiro atoms. The maximum Gasteiger partial charge on any atom is 0.338 e. The number of amides is 1. The topological polar surface area (TPSA) is 87.2 Å². The Balaban J connectivity index is 1.96. The quantitative estimate of drug-likeness (QED) is 0.401. The standard InChI is InChI=1S/C27H30N2O6/c1-6-27(21-12-8-7-9-13-21,29(2)25(30)19-11-10-14-28-17-19)18-35-26(31)20-15-22(32-3)24(34-5)23(16-20)33-4/h7-17H,6,18H2,1-5H3. The summed E-state index contributed by atoms with van der Waals surface area (Å²) in [6.07, 6.45) is 3.63. The van der Waals surface area contributed by atoms with E-state index in [1.807, 2.05) is 37.3 Å². The van der Waals surface area contributed by atoms with E-state index >= 15 is 0 Å². The average molecular weight is 479 g/mol. The van der Waals surface area contributed by atoms with Gasteiger partial charge in [-0.15, -0.1) is 0 Å². The number of hydrogen-bond donors (Lipinski definition) is 0. The molecule has 0 aliphatic rings. The summed E-state index contributed by atoms with van der Waals surface area (Å²) in [4.78, 5) is 32.2. The van der Waals surface area contributed by atoms with Crippen molar-refractivity contribution in [1.29, 1.82) is 0 Å². The Hall–Kier alpha value is -4.07. The Labute approximate surface area is 205 Å². The fourth-order valence-corrected chi connectivity index (χ4v) is 4.01. The van der Waals surface area contributed by atoms with Crippen LogP contribution in [0.2, 0.25) is 0 Å². The van der Waals surface area contributed by atoms with E-state index in [-0.39, 0.29) is 18.1 Å². The van der Waals surface area contributed by atoms with Gasteiger partial charge in [-0.25, -0.2) is 4.79 Å². The second-order valence-electron chi connectivity index (χ2n) is 7.85. The van der Waals surface area contributed by atoms with Gasteiger partial charge >= 0.3 is 5.97 Å². The molecule has 2 aromatic carbocycles. The molecule has 1 heterocycles. The van der Waals surface area contributed by atoms with Crippen LogP contribution in [0.15, 0.2) is 67.0 Å². The SMILES string of the molecule is CCC(COC(=O)c1cc(OC)c(OC)c(OC)c1)(c1ccccc1)N(C)C(=O)c1cccnc1. The van der Waals surface area contributed by atoms with E-state index < -0.39 is 11.5 Å². The van der Waals surface area contributed by atoms with E-state index in [2.05, 4.69) is 4.98 Å². The van der Waals surface area contributed by atoms with Crippen molar-refractivity contribution in [1.82, 2.24) is 9.88 Å². The number of benzene rings is 2. The summed E-state index contributed by atoms with van der Waals surface area (Å²) in [6.45, 7) is 1.89. The number of likely N-dealkylation sites (N-methyl/N-ethyl adjacent to an activating group) is 1. The van der Waals surface area contributed by atoms with E-state index in [0.29, 0.717) is 29.2 Å². The third kappa shape index (κ3) is 5.21. The van der Waals surface area contributed by atoms with Gasteiger partial charge in [-0.1, -0.05) is 37.3 Å². The first-order valence-electron chi connectivity index (χ1n) is 11.1. The second kappa shape index (κ2) is 11.4. The first-order chi connectivity index (χ1) is 16.9. The number of aromatic nitrogens is 1. The molecule has 184 valence electrons. The lowest BCUT2D eigenvalue weighted by Crippen LogP contribution is -2.50. The smallest absolute Gasteiger partial charge is 0.338 e. The Bertz CT molecular complexity index is 1130. The van der Waals surface area contributed by atoms with Crippen molar-refractivity contribution in [2.75, 3.05) is 35.0 Å². The molecule has 0 N–H and O–H groups in total. The van der Waals surface area contributed by atoms with Crippen LogP contribution in [0.5, 0.6) is 17.2 Å². The van der Waals surface area contributed by atoms with Crippen LogP contribution in [-0.4, -0.2) is 56.7 Å². The molecule has 0 radical (unpaired) electrons. The minimum atomic E-state index is -0.912. The number of nitrogens with zero attached hydrogens (tertiary/aromatic N) is 2. The van der Waals surface area contributed by atoms with E-state index in [1.165, 1.54) is 39.7 Å². The van der Waals surface area contributed by atoms with Gasteiger partial charge in [0.15, 0.2) is 11.5 Å². The van der Waals surface area contributed by atoms with Crippen LogP contribution >= 0.6 is 0 Å². The van der Waals surface area contributed by atoms with Crippen LogP contribution in [0.1, 0.15) is 39.6 Å². The fraction of sp³-hybridized carbons (Fsp3) is 0.296. The number of carbonyl (C=O) groups excluding carboxylic acids is 2. The number of ether oxygens (including phenoxy) is 4. The lowest BCUT2D eigenvalue weighted by Gasteiger charge is -2.41. The molecule has 1 atom stereocenters. The summed E-state index contributed by atoms with van der Waals surface area (Å²) >= 11 is 0. The first kappa shape index (κ1) is 25.6. The van der Waals surface area contributed by atoms with Gasteiger partial charge in [-0.3, -0.25) is 9.78 Å². The third-order valence-electron chi connectivity index (χ3n) is 6.09. The largest absolute Gasteiger partial charge is 0.493 e. The van der Waals surface area contributed by atoms with Crippen molar-refractivity contribution in [2.45, 2.75) is 18.9 Å². The summed E-state index contributed by atoms with van der Waals surface area (Å²) in [5.41, 5.74) is 0.614. The van der Waals surface area contributed by atoms with Gasteiger partial charge in [0, 0.05) is 19.4 Å².